The Morgan fingerprint density at radius 1 is 0.933 bits per heavy atom. The zero-order valence-electron chi connectivity index (χ0n) is 17.0. The normalized spacial score (nSPS) is 11.0. The number of fused-ring (bicyclic) bond motifs is 1. The zero-order valence-corrected chi connectivity index (χ0v) is 17.7. The lowest BCUT2D eigenvalue weighted by molar-refractivity contribution is 0.284. The van der Waals surface area contributed by atoms with E-state index in [4.69, 9.17) is 21.1 Å². The van der Waals surface area contributed by atoms with Gasteiger partial charge in [-0.2, -0.15) is 0 Å². The molecule has 0 saturated heterocycles. The number of ether oxygens (including phenoxy) is 2. The van der Waals surface area contributed by atoms with Crippen molar-refractivity contribution in [1.29, 1.82) is 0 Å². The molecular formula is C25H25ClN2O2. The minimum absolute atomic E-state index is 0.468. The Hall–Kier alpha value is -2.95. The number of hydrogen-bond donors (Lipinski definition) is 2. The van der Waals surface area contributed by atoms with Gasteiger partial charge in [0.1, 0.15) is 6.61 Å². The van der Waals surface area contributed by atoms with Crippen molar-refractivity contribution < 1.29 is 9.47 Å². The second kappa shape index (κ2) is 9.70. The average Bonchev–Trinajstić information content (AvgIpc) is 3.20. The predicted octanol–water partition coefficient (Wildman–Crippen LogP) is 5.74. The van der Waals surface area contributed by atoms with Crippen LogP contribution in [0.3, 0.4) is 0 Å². The molecule has 0 aliphatic rings. The number of aromatic nitrogens is 1. The molecule has 4 aromatic rings. The van der Waals surface area contributed by atoms with Crippen molar-refractivity contribution in [1.82, 2.24) is 10.3 Å². The molecule has 3 aromatic carbocycles. The highest BCUT2D eigenvalue weighted by molar-refractivity contribution is 6.31. The van der Waals surface area contributed by atoms with Gasteiger partial charge in [0.15, 0.2) is 11.5 Å². The van der Waals surface area contributed by atoms with Crippen LogP contribution in [0.15, 0.2) is 72.9 Å². The molecule has 154 valence electrons. The molecule has 0 unspecified atom stereocenters. The predicted molar refractivity (Wildman–Crippen MR) is 122 cm³/mol. The van der Waals surface area contributed by atoms with E-state index in [1.807, 2.05) is 48.5 Å². The minimum Gasteiger partial charge on any atom is -0.493 e. The van der Waals surface area contributed by atoms with Crippen LogP contribution in [-0.4, -0.2) is 18.6 Å². The largest absolute Gasteiger partial charge is 0.493 e. The van der Waals surface area contributed by atoms with Crippen molar-refractivity contribution in [2.75, 3.05) is 13.7 Å². The molecule has 2 N–H and O–H groups in total. The second-order valence-corrected chi connectivity index (χ2v) is 7.56. The van der Waals surface area contributed by atoms with E-state index in [1.165, 1.54) is 16.5 Å². The molecule has 4 nitrogen and oxygen atoms in total. The summed E-state index contributed by atoms with van der Waals surface area (Å²) in [5.41, 5.74) is 4.57. The van der Waals surface area contributed by atoms with Crippen LogP contribution in [0.4, 0.5) is 0 Å². The molecular weight excluding hydrogens is 396 g/mol. The van der Waals surface area contributed by atoms with Gasteiger partial charge in [-0.15, -0.1) is 0 Å². The Bertz CT molecular complexity index is 1110. The first-order valence-corrected chi connectivity index (χ1v) is 10.4. The fourth-order valence-electron chi connectivity index (χ4n) is 3.50. The summed E-state index contributed by atoms with van der Waals surface area (Å²) in [6.45, 7) is 1.99. The molecule has 1 aromatic heterocycles. The van der Waals surface area contributed by atoms with Crippen molar-refractivity contribution in [3.05, 3.63) is 94.6 Å². The van der Waals surface area contributed by atoms with Crippen molar-refractivity contribution in [3.8, 4) is 11.5 Å². The quantitative estimate of drug-likeness (QED) is 0.339. The molecule has 0 aliphatic heterocycles. The summed E-state index contributed by atoms with van der Waals surface area (Å²) in [4.78, 5) is 3.32. The molecule has 4 rings (SSSR count). The zero-order chi connectivity index (χ0) is 20.8. The van der Waals surface area contributed by atoms with Crippen LogP contribution in [0.5, 0.6) is 11.5 Å². The van der Waals surface area contributed by atoms with E-state index in [0.717, 1.165) is 24.1 Å². The van der Waals surface area contributed by atoms with Gasteiger partial charge in [0.2, 0.25) is 0 Å². The summed E-state index contributed by atoms with van der Waals surface area (Å²) in [6, 6.07) is 22.2. The third kappa shape index (κ3) is 4.78. The van der Waals surface area contributed by atoms with Crippen LogP contribution in [-0.2, 0) is 19.6 Å². The van der Waals surface area contributed by atoms with E-state index in [9.17, 15) is 0 Å². The third-order valence-electron chi connectivity index (χ3n) is 5.13. The van der Waals surface area contributed by atoms with E-state index in [2.05, 4.69) is 34.7 Å². The lowest BCUT2D eigenvalue weighted by Crippen LogP contribution is -2.17. The summed E-state index contributed by atoms with van der Waals surface area (Å²) >= 11 is 6.52. The Morgan fingerprint density at radius 3 is 2.57 bits per heavy atom. The molecule has 0 fully saturated rings. The number of para-hydroxylation sites is 1. The van der Waals surface area contributed by atoms with E-state index in [-0.39, 0.29) is 0 Å². The molecule has 30 heavy (non-hydrogen) atoms. The Balaban J connectivity index is 1.35. The van der Waals surface area contributed by atoms with Crippen LogP contribution >= 0.6 is 11.6 Å². The first-order valence-electron chi connectivity index (χ1n) is 10.0. The molecule has 0 spiro atoms. The Labute approximate surface area is 181 Å². The van der Waals surface area contributed by atoms with Gasteiger partial charge in [-0.25, -0.2) is 0 Å². The number of H-pyrrole nitrogens is 1. The van der Waals surface area contributed by atoms with Crippen LogP contribution in [0.25, 0.3) is 10.9 Å². The Kier molecular flexibility index (Phi) is 6.57. The molecule has 0 bridgehead atoms. The van der Waals surface area contributed by atoms with Crippen LogP contribution < -0.4 is 14.8 Å². The summed E-state index contributed by atoms with van der Waals surface area (Å²) in [6.07, 6.45) is 3.03. The molecule has 5 heteroatoms. The van der Waals surface area contributed by atoms with Gasteiger partial charge in [-0.3, -0.25) is 0 Å². The number of halogens is 1. The molecule has 0 saturated carbocycles. The van der Waals surface area contributed by atoms with E-state index < -0.39 is 0 Å². The summed E-state index contributed by atoms with van der Waals surface area (Å²) < 4.78 is 11.5. The second-order valence-electron chi connectivity index (χ2n) is 7.16. The lowest BCUT2D eigenvalue weighted by atomic mass is 10.1. The van der Waals surface area contributed by atoms with Crippen molar-refractivity contribution in [2.45, 2.75) is 19.6 Å². The maximum atomic E-state index is 6.52. The van der Waals surface area contributed by atoms with Gasteiger partial charge in [0.05, 0.1) is 7.11 Å². The summed E-state index contributed by atoms with van der Waals surface area (Å²) in [5.74, 6) is 1.33. The average molecular weight is 421 g/mol. The molecule has 0 amide bonds. The highest BCUT2D eigenvalue weighted by Gasteiger charge is 2.11. The number of aromatic amines is 1. The third-order valence-corrected chi connectivity index (χ3v) is 5.48. The van der Waals surface area contributed by atoms with Crippen molar-refractivity contribution in [2.24, 2.45) is 0 Å². The minimum atomic E-state index is 0.468. The maximum absolute atomic E-state index is 6.52. The number of hydrogen-bond acceptors (Lipinski definition) is 3. The van der Waals surface area contributed by atoms with Crippen LogP contribution in [0.1, 0.15) is 16.7 Å². The van der Waals surface area contributed by atoms with Gasteiger partial charge >= 0.3 is 0 Å². The van der Waals surface area contributed by atoms with Crippen molar-refractivity contribution >= 4 is 22.5 Å². The maximum Gasteiger partial charge on any atom is 0.163 e. The lowest BCUT2D eigenvalue weighted by Gasteiger charge is -2.14. The number of methoxy groups -OCH3 is 1. The standard InChI is InChI=1S/C25H25ClN2O2/c1-29-24-13-20(22(26)14-25(24)30-17-18-7-3-2-4-8-18)15-27-12-11-19-16-28-23-10-6-5-9-21(19)23/h2-10,13-14,16,27-28H,11-12,15,17H2,1H3. The highest BCUT2D eigenvalue weighted by atomic mass is 35.5. The molecule has 0 atom stereocenters. The smallest absolute Gasteiger partial charge is 0.163 e. The van der Waals surface area contributed by atoms with E-state index in [1.54, 1.807) is 7.11 Å². The molecule has 0 radical (unpaired) electrons. The summed E-state index contributed by atoms with van der Waals surface area (Å²) in [5, 5.41) is 5.42. The fourth-order valence-corrected chi connectivity index (χ4v) is 3.73. The Morgan fingerprint density at radius 2 is 1.73 bits per heavy atom. The van der Waals surface area contributed by atoms with E-state index in [0.29, 0.717) is 29.7 Å². The fraction of sp³-hybridized carbons (Fsp3) is 0.200. The summed E-state index contributed by atoms with van der Waals surface area (Å²) in [7, 11) is 1.65. The van der Waals surface area contributed by atoms with Crippen LogP contribution in [0.2, 0.25) is 5.02 Å². The topological polar surface area (TPSA) is 46.3 Å². The SMILES string of the molecule is COc1cc(CNCCc2c[nH]c3ccccc23)c(Cl)cc1OCc1ccccc1. The van der Waals surface area contributed by atoms with Gasteiger partial charge in [0.25, 0.3) is 0 Å². The molecule has 1 heterocycles. The van der Waals surface area contributed by atoms with Crippen LogP contribution in [0, 0.1) is 0 Å². The number of nitrogens with one attached hydrogen (secondary N) is 2. The van der Waals surface area contributed by atoms with Gasteiger partial charge < -0.3 is 19.8 Å². The first-order chi connectivity index (χ1) is 14.7. The van der Waals surface area contributed by atoms with Gasteiger partial charge in [-0.05, 0) is 41.8 Å². The highest BCUT2D eigenvalue weighted by Crippen LogP contribution is 2.34. The number of rotatable bonds is 9. The molecule has 0 aliphatic carbocycles. The van der Waals surface area contributed by atoms with Gasteiger partial charge in [0, 0.05) is 34.7 Å². The first kappa shape index (κ1) is 20.3. The van der Waals surface area contributed by atoms with Crippen molar-refractivity contribution in [3.63, 3.8) is 0 Å². The number of benzene rings is 3. The van der Waals surface area contributed by atoms with Gasteiger partial charge in [-0.1, -0.05) is 60.1 Å². The monoisotopic (exact) mass is 420 g/mol. The van der Waals surface area contributed by atoms with E-state index >= 15 is 0 Å².